The van der Waals surface area contributed by atoms with Gasteiger partial charge in [-0.2, -0.15) is 0 Å². The van der Waals surface area contributed by atoms with Crippen molar-refractivity contribution in [3.05, 3.63) is 0 Å². The Morgan fingerprint density at radius 1 is 0.619 bits per heavy atom. The van der Waals surface area contributed by atoms with Gasteiger partial charge in [-0.15, -0.1) is 0 Å². The fraction of sp³-hybridized carbons (Fsp3) is 1.00. The van der Waals surface area contributed by atoms with Gasteiger partial charge in [-0.25, -0.2) is 0 Å². The van der Waals surface area contributed by atoms with Gasteiger partial charge < -0.3 is 36.1 Å². The van der Waals surface area contributed by atoms with Crippen LogP contribution in [-0.4, -0.2) is 66.5 Å². The van der Waals surface area contributed by atoms with Gasteiger partial charge in [-0.05, 0) is 93.9 Å². The summed E-state index contributed by atoms with van der Waals surface area (Å²) in [6.07, 6.45) is 9.65. The zero-order valence-electron chi connectivity index (χ0n) is 30.4. The highest BCUT2D eigenvalue weighted by Gasteiger charge is 2.39. The van der Waals surface area contributed by atoms with Gasteiger partial charge in [0.05, 0.1) is 47.8 Å². The van der Waals surface area contributed by atoms with Crippen molar-refractivity contribution in [2.24, 2.45) is 22.6 Å². The molecule has 0 rings (SSSR count). The van der Waals surface area contributed by atoms with E-state index in [2.05, 4.69) is 76.2 Å². The van der Waals surface area contributed by atoms with E-state index in [1.54, 1.807) is 0 Å². The minimum Gasteiger partial charge on any atom is -0.375 e. The van der Waals surface area contributed by atoms with Crippen molar-refractivity contribution in [1.82, 2.24) is 0 Å². The molecule has 0 radical (unpaired) electrons. The summed E-state index contributed by atoms with van der Waals surface area (Å²) in [7, 11) is 0. The van der Waals surface area contributed by atoms with Gasteiger partial charge in [0.1, 0.15) is 0 Å². The topological polar surface area (TPSA) is 115 Å². The highest BCUT2D eigenvalue weighted by molar-refractivity contribution is 4.89. The molecule has 7 nitrogen and oxygen atoms in total. The number of rotatable bonds is 25. The lowest BCUT2D eigenvalue weighted by atomic mass is 9.80. The molecule has 0 aromatic rings. The summed E-state index contributed by atoms with van der Waals surface area (Å²) in [5.41, 5.74) is 17.0. The van der Waals surface area contributed by atoms with E-state index in [9.17, 15) is 0 Å². The van der Waals surface area contributed by atoms with Crippen LogP contribution < -0.4 is 17.2 Å². The summed E-state index contributed by atoms with van der Waals surface area (Å²) in [6.45, 7) is 29.8. The smallest absolute Gasteiger partial charge is 0.0926 e. The van der Waals surface area contributed by atoms with E-state index in [-0.39, 0.29) is 46.5 Å². The molecule has 0 aromatic heterocycles. The molecule has 0 saturated heterocycles. The molecule has 42 heavy (non-hydrogen) atoms. The molecular formula is C35H75N3O4. The maximum Gasteiger partial charge on any atom is 0.0926 e. The first-order chi connectivity index (χ1) is 19.3. The first-order valence-corrected chi connectivity index (χ1v) is 17.2. The van der Waals surface area contributed by atoms with E-state index in [1.807, 2.05) is 13.8 Å². The van der Waals surface area contributed by atoms with Crippen LogP contribution in [0.25, 0.3) is 0 Å². The third kappa shape index (κ3) is 14.2. The number of hydrogen-bond acceptors (Lipinski definition) is 7. The molecule has 0 saturated carbocycles. The van der Waals surface area contributed by atoms with Crippen LogP contribution in [0.1, 0.15) is 154 Å². The van der Waals surface area contributed by atoms with Gasteiger partial charge in [0.2, 0.25) is 0 Å². The van der Waals surface area contributed by atoms with Crippen molar-refractivity contribution in [2.75, 3.05) is 19.8 Å². The van der Waals surface area contributed by atoms with Crippen molar-refractivity contribution in [1.29, 1.82) is 0 Å². The Bertz CT molecular complexity index is 724. The lowest BCUT2D eigenvalue weighted by Crippen LogP contribution is -2.53. The predicted octanol–water partition coefficient (Wildman–Crippen LogP) is 7.50. The molecule has 0 fully saturated rings. The Morgan fingerprint density at radius 2 is 1.07 bits per heavy atom. The summed E-state index contributed by atoms with van der Waals surface area (Å²) in [5, 5.41) is 0. The minimum absolute atomic E-state index is 0.0293. The zero-order chi connectivity index (χ0) is 32.8. The summed E-state index contributed by atoms with van der Waals surface area (Å²) in [4.78, 5) is 0. The number of unbranched alkanes of at least 4 members (excludes halogenated alkanes) is 1. The first kappa shape index (κ1) is 41.7. The largest absolute Gasteiger partial charge is 0.375 e. The SMILES string of the molecule is CCCCC(CC)(COC(C)(CC)CC(C)OC(C)(CC)CC(C)N)COC(C)(CC)CC(C)OC(C)(CN)C(C)N. The van der Waals surface area contributed by atoms with E-state index in [0.29, 0.717) is 19.8 Å². The number of nitrogens with two attached hydrogens (primary N) is 3. The Labute approximate surface area is 262 Å². The lowest BCUT2D eigenvalue weighted by Gasteiger charge is -2.43. The monoisotopic (exact) mass is 602 g/mol. The number of ether oxygens (including phenoxy) is 4. The van der Waals surface area contributed by atoms with Crippen LogP contribution in [0.3, 0.4) is 0 Å². The third-order valence-corrected chi connectivity index (χ3v) is 10.0. The van der Waals surface area contributed by atoms with E-state index < -0.39 is 5.60 Å². The van der Waals surface area contributed by atoms with E-state index >= 15 is 0 Å². The molecule has 9 atom stereocenters. The van der Waals surface area contributed by atoms with E-state index in [0.717, 1.165) is 64.2 Å². The minimum atomic E-state index is -0.557. The van der Waals surface area contributed by atoms with Gasteiger partial charge in [-0.1, -0.05) is 47.5 Å². The van der Waals surface area contributed by atoms with Gasteiger partial charge in [-0.3, -0.25) is 0 Å². The average Bonchev–Trinajstić information content (AvgIpc) is 2.92. The Hall–Kier alpha value is -0.280. The fourth-order valence-electron chi connectivity index (χ4n) is 5.93. The highest BCUT2D eigenvalue weighted by Crippen LogP contribution is 2.37. The molecule has 0 aliphatic rings. The maximum absolute atomic E-state index is 6.88. The lowest BCUT2D eigenvalue weighted by molar-refractivity contribution is -0.164. The summed E-state index contributed by atoms with van der Waals surface area (Å²) in [6, 6.07) is -0.0453. The standard InChI is InChI=1S/C35H75N3O4/c1-14-19-20-35(18-5,26-40-32(11,16-3)23-29(8)42-34(13,24-36)30(9)38)25-39-31(10,15-2)22-28(7)41-33(12,17-4)21-27(6)37/h27-30H,14-26,36-38H2,1-13H3. The van der Waals surface area contributed by atoms with Crippen molar-refractivity contribution in [2.45, 2.75) is 201 Å². The molecule has 0 bridgehead atoms. The molecule has 0 spiro atoms. The second-order valence-electron chi connectivity index (χ2n) is 14.7. The Balaban J connectivity index is 5.66. The van der Waals surface area contributed by atoms with Crippen LogP contribution in [0.4, 0.5) is 0 Å². The maximum atomic E-state index is 6.88. The molecule has 9 unspecified atom stereocenters. The van der Waals surface area contributed by atoms with Crippen LogP contribution in [0.2, 0.25) is 0 Å². The summed E-state index contributed by atoms with van der Waals surface area (Å²) >= 11 is 0. The van der Waals surface area contributed by atoms with Crippen molar-refractivity contribution in [3.8, 4) is 0 Å². The quantitative estimate of drug-likeness (QED) is 0.0992. The van der Waals surface area contributed by atoms with Gasteiger partial charge >= 0.3 is 0 Å². The van der Waals surface area contributed by atoms with Crippen LogP contribution in [0, 0.1) is 5.41 Å². The van der Waals surface area contributed by atoms with Crippen LogP contribution >= 0.6 is 0 Å². The second-order valence-corrected chi connectivity index (χ2v) is 14.7. The molecule has 0 aliphatic heterocycles. The summed E-state index contributed by atoms with van der Waals surface area (Å²) < 4.78 is 26.7. The molecular weight excluding hydrogens is 526 g/mol. The first-order valence-electron chi connectivity index (χ1n) is 17.2. The second kappa shape index (κ2) is 18.6. The molecule has 0 aromatic carbocycles. The van der Waals surface area contributed by atoms with Crippen molar-refractivity contribution < 1.29 is 18.9 Å². The highest BCUT2D eigenvalue weighted by atomic mass is 16.5. The number of hydrogen-bond donors (Lipinski definition) is 3. The van der Waals surface area contributed by atoms with E-state index in [4.69, 9.17) is 36.1 Å². The molecule has 0 heterocycles. The van der Waals surface area contributed by atoms with Crippen LogP contribution in [-0.2, 0) is 18.9 Å². The van der Waals surface area contributed by atoms with Gasteiger partial charge in [0.15, 0.2) is 0 Å². The van der Waals surface area contributed by atoms with E-state index in [1.165, 1.54) is 0 Å². The molecule has 6 N–H and O–H groups in total. The van der Waals surface area contributed by atoms with Gasteiger partial charge in [0, 0.05) is 36.9 Å². The third-order valence-electron chi connectivity index (χ3n) is 10.0. The molecule has 254 valence electrons. The zero-order valence-corrected chi connectivity index (χ0v) is 30.4. The molecule has 7 heteroatoms. The molecule has 0 aliphatic carbocycles. The fourth-order valence-corrected chi connectivity index (χ4v) is 5.93. The predicted molar refractivity (Wildman–Crippen MR) is 180 cm³/mol. The average molecular weight is 602 g/mol. The van der Waals surface area contributed by atoms with Crippen molar-refractivity contribution >= 4 is 0 Å². The van der Waals surface area contributed by atoms with Crippen molar-refractivity contribution in [3.63, 3.8) is 0 Å². The Morgan fingerprint density at radius 3 is 1.40 bits per heavy atom. The molecule has 0 amide bonds. The normalized spacial score (nSPS) is 22.6. The Kier molecular flexibility index (Phi) is 18.5. The van der Waals surface area contributed by atoms with Crippen LogP contribution in [0.5, 0.6) is 0 Å². The van der Waals surface area contributed by atoms with Gasteiger partial charge in [0.25, 0.3) is 0 Å². The van der Waals surface area contributed by atoms with Crippen LogP contribution in [0.15, 0.2) is 0 Å². The summed E-state index contributed by atoms with van der Waals surface area (Å²) in [5.74, 6) is 0.